The Bertz CT molecular complexity index is 350. The first-order valence-corrected chi connectivity index (χ1v) is 6.78. The van der Waals surface area contributed by atoms with Crippen LogP contribution < -0.4 is 5.32 Å². The van der Waals surface area contributed by atoms with Crippen LogP contribution >= 0.6 is 11.3 Å². The van der Waals surface area contributed by atoms with E-state index < -0.39 is 0 Å². The van der Waals surface area contributed by atoms with Gasteiger partial charge in [-0.15, -0.1) is 11.3 Å². The molecule has 0 atom stereocenters. The lowest BCUT2D eigenvalue weighted by Gasteiger charge is -2.14. The van der Waals surface area contributed by atoms with Crippen molar-refractivity contribution in [2.24, 2.45) is 11.3 Å². The molecule has 0 saturated heterocycles. The molecule has 0 aromatic carbocycles. The van der Waals surface area contributed by atoms with Gasteiger partial charge in [0, 0.05) is 18.5 Å². The summed E-state index contributed by atoms with van der Waals surface area (Å²) in [5.74, 6) is 1.06. The third-order valence-corrected chi connectivity index (χ3v) is 4.61. The van der Waals surface area contributed by atoms with Crippen molar-refractivity contribution in [3.05, 3.63) is 16.1 Å². The summed E-state index contributed by atoms with van der Waals surface area (Å²) in [4.78, 5) is 4.47. The zero-order valence-corrected chi connectivity index (χ0v) is 10.1. The molecule has 0 amide bonds. The molecule has 2 aliphatic rings. The molecule has 1 N–H and O–H groups in total. The zero-order chi connectivity index (χ0) is 10.3. The predicted octanol–water partition coefficient (Wildman–Crippen LogP) is 2.73. The molecule has 0 unspecified atom stereocenters. The maximum absolute atomic E-state index is 4.47. The number of nitrogens with one attached hydrogen (secondary N) is 1. The maximum atomic E-state index is 4.47. The van der Waals surface area contributed by atoms with Gasteiger partial charge in [0.15, 0.2) is 0 Å². The van der Waals surface area contributed by atoms with E-state index in [4.69, 9.17) is 0 Å². The lowest BCUT2D eigenvalue weighted by molar-refractivity contribution is 0.402. The molecule has 15 heavy (non-hydrogen) atoms. The highest BCUT2D eigenvalue weighted by molar-refractivity contribution is 7.09. The molecule has 82 valence electrons. The molecule has 1 aromatic heterocycles. The number of thiazole rings is 1. The number of hydrogen-bond donors (Lipinski definition) is 1. The highest BCUT2D eigenvalue weighted by Gasteiger charge is 2.53. The molecule has 2 nitrogen and oxygen atoms in total. The lowest BCUT2D eigenvalue weighted by Crippen LogP contribution is -2.25. The van der Waals surface area contributed by atoms with Crippen LogP contribution in [0.5, 0.6) is 0 Å². The van der Waals surface area contributed by atoms with Gasteiger partial charge < -0.3 is 5.32 Å². The standard InChI is InChI=1S/C12H18N2S/c1-9-14-11(7-15-9)6-13-8-12(4-5-12)10-2-3-10/h7,10,13H,2-6,8H2,1H3. The van der Waals surface area contributed by atoms with Crippen LogP contribution in [0, 0.1) is 18.3 Å². The number of rotatable bonds is 5. The van der Waals surface area contributed by atoms with Crippen molar-refractivity contribution in [2.45, 2.75) is 39.2 Å². The first-order valence-electron chi connectivity index (χ1n) is 5.90. The lowest BCUT2D eigenvalue weighted by atomic mass is 10.0. The summed E-state index contributed by atoms with van der Waals surface area (Å²) >= 11 is 1.75. The third kappa shape index (κ3) is 2.08. The SMILES string of the molecule is Cc1nc(CNCC2(C3CC3)CC2)cs1. The largest absolute Gasteiger partial charge is 0.311 e. The monoisotopic (exact) mass is 222 g/mol. The molecular formula is C12H18N2S. The Balaban J connectivity index is 1.47. The van der Waals surface area contributed by atoms with Crippen molar-refractivity contribution in [1.29, 1.82) is 0 Å². The van der Waals surface area contributed by atoms with E-state index in [9.17, 15) is 0 Å². The predicted molar refractivity (Wildman–Crippen MR) is 62.9 cm³/mol. The summed E-state index contributed by atoms with van der Waals surface area (Å²) in [5.41, 5.74) is 1.93. The van der Waals surface area contributed by atoms with Gasteiger partial charge >= 0.3 is 0 Å². The van der Waals surface area contributed by atoms with Gasteiger partial charge in [-0.25, -0.2) is 4.98 Å². The van der Waals surface area contributed by atoms with E-state index in [1.165, 1.54) is 42.9 Å². The normalized spacial score (nSPS) is 23.0. The Labute approximate surface area is 95.1 Å². The minimum Gasteiger partial charge on any atom is -0.311 e. The molecule has 2 aliphatic carbocycles. The molecule has 1 aromatic rings. The number of nitrogens with zero attached hydrogens (tertiary/aromatic N) is 1. The van der Waals surface area contributed by atoms with Gasteiger partial charge in [0.25, 0.3) is 0 Å². The van der Waals surface area contributed by atoms with E-state index >= 15 is 0 Å². The maximum Gasteiger partial charge on any atom is 0.0897 e. The summed E-state index contributed by atoms with van der Waals surface area (Å²) < 4.78 is 0. The second kappa shape index (κ2) is 3.56. The van der Waals surface area contributed by atoms with Gasteiger partial charge in [0.2, 0.25) is 0 Å². The first-order chi connectivity index (χ1) is 7.28. The molecule has 0 spiro atoms. The Hall–Kier alpha value is -0.410. The van der Waals surface area contributed by atoms with Crippen LogP contribution in [0.15, 0.2) is 5.38 Å². The second-order valence-electron chi connectivity index (χ2n) is 5.10. The molecule has 0 aliphatic heterocycles. The average molecular weight is 222 g/mol. The van der Waals surface area contributed by atoms with Crippen molar-refractivity contribution in [2.75, 3.05) is 6.54 Å². The first kappa shape index (κ1) is 9.79. The van der Waals surface area contributed by atoms with Crippen molar-refractivity contribution >= 4 is 11.3 Å². The minimum atomic E-state index is 0.713. The highest BCUT2D eigenvalue weighted by Crippen LogP contribution is 2.60. The topological polar surface area (TPSA) is 24.9 Å². The fourth-order valence-corrected chi connectivity index (χ4v) is 3.13. The molecule has 2 fully saturated rings. The van der Waals surface area contributed by atoms with Gasteiger partial charge in [0.1, 0.15) is 0 Å². The highest BCUT2D eigenvalue weighted by atomic mass is 32.1. The molecule has 0 radical (unpaired) electrons. The fourth-order valence-electron chi connectivity index (χ4n) is 2.51. The number of hydrogen-bond acceptors (Lipinski definition) is 3. The summed E-state index contributed by atoms with van der Waals surface area (Å²) in [6.07, 6.45) is 5.89. The van der Waals surface area contributed by atoms with Crippen LogP contribution in [0.3, 0.4) is 0 Å². The van der Waals surface area contributed by atoms with Crippen LogP contribution in [-0.2, 0) is 6.54 Å². The van der Waals surface area contributed by atoms with E-state index in [1.807, 2.05) is 0 Å². The van der Waals surface area contributed by atoms with Crippen LogP contribution in [0.25, 0.3) is 0 Å². The van der Waals surface area contributed by atoms with Gasteiger partial charge in [0.05, 0.1) is 10.7 Å². The van der Waals surface area contributed by atoms with E-state index in [2.05, 4.69) is 22.6 Å². The smallest absolute Gasteiger partial charge is 0.0897 e. The molecule has 3 rings (SSSR count). The van der Waals surface area contributed by atoms with E-state index in [-0.39, 0.29) is 0 Å². The van der Waals surface area contributed by atoms with Crippen LogP contribution in [0.4, 0.5) is 0 Å². The van der Waals surface area contributed by atoms with Gasteiger partial charge in [-0.1, -0.05) is 0 Å². The fraction of sp³-hybridized carbons (Fsp3) is 0.750. The van der Waals surface area contributed by atoms with Gasteiger partial charge in [-0.3, -0.25) is 0 Å². The van der Waals surface area contributed by atoms with Crippen molar-refractivity contribution in [3.63, 3.8) is 0 Å². The second-order valence-corrected chi connectivity index (χ2v) is 6.16. The van der Waals surface area contributed by atoms with Crippen molar-refractivity contribution < 1.29 is 0 Å². The Kier molecular flexibility index (Phi) is 2.33. The van der Waals surface area contributed by atoms with E-state index in [0.29, 0.717) is 5.41 Å². The summed E-state index contributed by atoms with van der Waals surface area (Å²) in [6, 6.07) is 0. The summed E-state index contributed by atoms with van der Waals surface area (Å²) in [5, 5.41) is 6.93. The third-order valence-electron chi connectivity index (χ3n) is 3.79. The van der Waals surface area contributed by atoms with Crippen LogP contribution in [-0.4, -0.2) is 11.5 Å². The van der Waals surface area contributed by atoms with Gasteiger partial charge in [-0.2, -0.15) is 0 Å². The molecular weight excluding hydrogens is 204 g/mol. The van der Waals surface area contributed by atoms with Crippen LogP contribution in [0.1, 0.15) is 36.4 Å². The quantitative estimate of drug-likeness (QED) is 0.828. The van der Waals surface area contributed by atoms with E-state index in [1.54, 1.807) is 11.3 Å². The number of aromatic nitrogens is 1. The molecule has 1 heterocycles. The molecule has 2 saturated carbocycles. The summed E-state index contributed by atoms with van der Waals surface area (Å²) in [7, 11) is 0. The molecule has 3 heteroatoms. The minimum absolute atomic E-state index is 0.713. The summed E-state index contributed by atoms with van der Waals surface area (Å²) in [6.45, 7) is 4.24. The number of aryl methyl sites for hydroxylation is 1. The van der Waals surface area contributed by atoms with E-state index in [0.717, 1.165) is 12.5 Å². The van der Waals surface area contributed by atoms with Gasteiger partial charge in [-0.05, 0) is 43.9 Å². The van der Waals surface area contributed by atoms with Crippen molar-refractivity contribution in [1.82, 2.24) is 10.3 Å². The Morgan fingerprint density at radius 2 is 2.33 bits per heavy atom. The average Bonchev–Trinajstić information content (AvgIpc) is 3.08. The zero-order valence-electron chi connectivity index (χ0n) is 9.25. The Morgan fingerprint density at radius 3 is 2.87 bits per heavy atom. The van der Waals surface area contributed by atoms with Crippen LogP contribution in [0.2, 0.25) is 0 Å². The Morgan fingerprint density at radius 1 is 1.53 bits per heavy atom. The van der Waals surface area contributed by atoms with Crippen molar-refractivity contribution in [3.8, 4) is 0 Å². The molecule has 0 bridgehead atoms.